The largest absolute Gasteiger partial charge is 0.416 e. The van der Waals surface area contributed by atoms with Crippen molar-refractivity contribution in [3.8, 4) is 0 Å². The third-order valence-corrected chi connectivity index (χ3v) is 6.04. The zero-order valence-corrected chi connectivity index (χ0v) is 15.1. The summed E-state index contributed by atoms with van der Waals surface area (Å²) in [4.78, 5) is 18.1. The van der Waals surface area contributed by atoms with Crippen LogP contribution in [0.1, 0.15) is 12.5 Å². The van der Waals surface area contributed by atoms with E-state index in [2.05, 4.69) is 20.9 Å². The Morgan fingerprint density at radius 2 is 2.04 bits per heavy atom. The number of halogens is 5. The SMILES string of the molecule is CC(CCl)S(=O)(=O)Nn1cnc2c(Br)cc(C(F)(F)F)cc2c1=O. The van der Waals surface area contributed by atoms with E-state index >= 15 is 0 Å². The van der Waals surface area contributed by atoms with Crippen LogP contribution in [0.15, 0.2) is 27.7 Å². The molecule has 2 aromatic rings. The maximum Gasteiger partial charge on any atom is 0.416 e. The molecule has 0 fully saturated rings. The monoisotopic (exact) mass is 447 g/mol. The average molecular weight is 449 g/mol. The maximum atomic E-state index is 12.9. The molecular weight excluding hydrogens is 439 g/mol. The molecule has 132 valence electrons. The van der Waals surface area contributed by atoms with E-state index in [0.29, 0.717) is 10.7 Å². The second-order valence-electron chi connectivity index (χ2n) is 4.87. The number of aromatic nitrogens is 2. The molecule has 0 aliphatic heterocycles. The van der Waals surface area contributed by atoms with Gasteiger partial charge in [0.15, 0.2) is 0 Å². The lowest BCUT2D eigenvalue weighted by Crippen LogP contribution is -2.38. The van der Waals surface area contributed by atoms with Gasteiger partial charge < -0.3 is 0 Å². The molecule has 1 aromatic carbocycles. The molecule has 1 N–H and O–H groups in total. The first kappa shape index (κ1) is 19.0. The number of rotatable bonds is 4. The third-order valence-electron chi connectivity index (χ3n) is 3.11. The Morgan fingerprint density at radius 3 is 2.58 bits per heavy atom. The first-order valence-corrected chi connectivity index (χ1v) is 9.20. The molecule has 1 heterocycles. The van der Waals surface area contributed by atoms with E-state index in [1.807, 2.05) is 4.83 Å². The van der Waals surface area contributed by atoms with Crippen LogP contribution in [-0.2, 0) is 16.2 Å². The van der Waals surface area contributed by atoms with Gasteiger partial charge in [0.25, 0.3) is 5.56 Å². The quantitative estimate of drug-likeness (QED) is 0.729. The fraction of sp³-hybridized carbons (Fsp3) is 0.333. The van der Waals surface area contributed by atoms with Crippen LogP contribution >= 0.6 is 27.5 Å². The maximum absolute atomic E-state index is 12.9. The first-order valence-electron chi connectivity index (χ1n) is 6.33. The van der Waals surface area contributed by atoms with Crippen molar-refractivity contribution in [3.63, 3.8) is 0 Å². The Balaban J connectivity index is 2.64. The van der Waals surface area contributed by atoms with Gasteiger partial charge in [-0.3, -0.25) is 4.79 Å². The van der Waals surface area contributed by atoms with Crippen molar-refractivity contribution in [2.45, 2.75) is 18.3 Å². The molecule has 2 rings (SSSR count). The lowest BCUT2D eigenvalue weighted by Gasteiger charge is -2.15. The van der Waals surface area contributed by atoms with E-state index < -0.39 is 32.6 Å². The van der Waals surface area contributed by atoms with Crippen LogP contribution in [0.5, 0.6) is 0 Å². The summed E-state index contributed by atoms with van der Waals surface area (Å²) in [5.74, 6) is -0.227. The summed E-state index contributed by atoms with van der Waals surface area (Å²) in [5.41, 5.74) is -2.07. The Kier molecular flexibility index (Phi) is 5.17. The molecule has 1 aromatic heterocycles. The van der Waals surface area contributed by atoms with Gasteiger partial charge in [-0.05, 0) is 35.0 Å². The summed E-state index contributed by atoms with van der Waals surface area (Å²) in [5, 5.41) is -1.41. The highest BCUT2D eigenvalue weighted by Crippen LogP contribution is 2.33. The van der Waals surface area contributed by atoms with Crippen molar-refractivity contribution < 1.29 is 21.6 Å². The highest BCUT2D eigenvalue weighted by Gasteiger charge is 2.32. The average Bonchev–Trinajstić information content (AvgIpc) is 2.48. The van der Waals surface area contributed by atoms with Gasteiger partial charge in [0.05, 0.1) is 21.7 Å². The molecular formula is C12H10BrClF3N3O3S. The standard InChI is InChI=1S/C12H10BrClF3N3O3S/c1-6(4-14)24(22,23)19-20-5-18-10-8(11(20)21)2-7(3-9(10)13)12(15,16)17/h2-3,5-6,19H,4H2,1H3. The predicted molar refractivity (Wildman–Crippen MR) is 87.2 cm³/mol. The van der Waals surface area contributed by atoms with Crippen LogP contribution in [0.3, 0.4) is 0 Å². The van der Waals surface area contributed by atoms with Gasteiger partial charge in [-0.15, -0.1) is 11.6 Å². The molecule has 0 radical (unpaired) electrons. The second kappa shape index (κ2) is 6.52. The van der Waals surface area contributed by atoms with Gasteiger partial charge >= 0.3 is 6.18 Å². The van der Waals surface area contributed by atoms with E-state index in [9.17, 15) is 26.4 Å². The fourth-order valence-corrected chi connectivity index (χ4v) is 3.54. The van der Waals surface area contributed by atoms with Gasteiger partial charge in [0.2, 0.25) is 10.0 Å². The van der Waals surface area contributed by atoms with Crippen LogP contribution in [0.4, 0.5) is 13.2 Å². The summed E-state index contributed by atoms with van der Waals surface area (Å²) in [7, 11) is -4.00. The molecule has 0 amide bonds. The van der Waals surface area contributed by atoms with E-state index in [1.165, 1.54) is 6.92 Å². The van der Waals surface area contributed by atoms with Crippen LogP contribution in [0, 0.1) is 0 Å². The zero-order chi connectivity index (χ0) is 18.3. The molecule has 24 heavy (non-hydrogen) atoms. The van der Waals surface area contributed by atoms with E-state index in [4.69, 9.17) is 11.6 Å². The van der Waals surface area contributed by atoms with Crippen molar-refractivity contribution in [2.75, 3.05) is 10.7 Å². The minimum atomic E-state index is -4.67. The third kappa shape index (κ3) is 3.67. The van der Waals surface area contributed by atoms with Crippen molar-refractivity contribution in [1.29, 1.82) is 0 Å². The molecule has 0 bridgehead atoms. The van der Waals surface area contributed by atoms with Gasteiger partial charge in [-0.25, -0.2) is 18.2 Å². The molecule has 1 unspecified atom stereocenters. The first-order chi connectivity index (χ1) is 11.0. The normalized spacial score (nSPS) is 13.9. The number of fused-ring (bicyclic) bond motifs is 1. The van der Waals surface area contributed by atoms with Crippen LogP contribution in [0.25, 0.3) is 10.9 Å². The Hall–Kier alpha value is -1.33. The second-order valence-corrected chi connectivity index (χ2v) is 8.11. The highest BCUT2D eigenvalue weighted by molar-refractivity contribution is 9.10. The van der Waals surface area contributed by atoms with Crippen molar-refractivity contribution in [2.24, 2.45) is 0 Å². The topological polar surface area (TPSA) is 81.1 Å². The number of alkyl halides is 4. The number of nitrogens with zero attached hydrogens (tertiary/aromatic N) is 2. The predicted octanol–water partition coefficient (Wildman–Crippen LogP) is 2.68. The zero-order valence-electron chi connectivity index (χ0n) is 11.9. The number of benzene rings is 1. The van der Waals surface area contributed by atoms with Crippen LogP contribution in [0.2, 0.25) is 0 Å². The summed E-state index contributed by atoms with van der Waals surface area (Å²) < 4.78 is 63.0. The van der Waals surface area contributed by atoms with Crippen LogP contribution < -0.4 is 10.4 Å². The van der Waals surface area contributed by atoms with Crippen LogP contribution in [-0.4, -0.2) is 29.2 Å². The molecule has 0 saturated heterocycles. The summed E-state index contributed by atoms with van der Waals surface area (Å²) in [6.45, 7) is 1.31. The number of sulfonamides is 1. The lowest BCUT2D eigenvalue weighted by molar-refractivity contribution is -0.137. The van der Waals surface area contributed by atoms with Gasteiger partial charge in [0, 0.05) is 10.4 Å². The van der Waals surface area contributed by atoms with Crippen molar-refractivity contribution in [1.82, 2.24) is 9.66 Å². The Bertz CT molecular complexity index is 946. The van der Waals surface area contributed by atoms with Crippen molar-refractivity contribution >= 4 is 48.5 Å². The molecule has 0 spiro atoms. The molecule has 6 nitrogen and oxygen atoms in total. The molecule has 0 aliphatic carbocycles. The highest BCUT2D eigenvalue weighted by atomic mass is 79.9. The number of hydrogen-bond acceptors (Lipinski definition) is 4. The fourth-order valence-electron chi connectivity index (χ4n) is 1.73. The lowest BCUT2D eigenvalue weighted by atomic mass is 10.1. The van der Waals surface area contributed by atoms with Gasteiger partial charge in [-0.2, -0.15) is 17.8 Å². The minimum absolute atomic E-state index is 0.0196. The summed E-state index contributed by atoms with van der Waals surface area (Å²) in [6, 6.07) is 1.41. The van der Waals surface area contributed by atoms with Gasteiger partial charge in [0.1, 0.15) is 6.33 Å². The van der Waals surface area contributed by atoms with Gasteiger partial charge in [-0.1, -0.05) is 0 Å². The number of nitrogens with one attached hydrogen (secondary N) is 1. The molecule has 1 atom stereocenters. The molecule has 12 heteroatoms. The Morgan fingerprint density at radius 1 is 1.42 bits per heavy atom. The Labute approximate surface area is 147 Å². The van der Waals surface area contributed by atoms with E-state index in [0.717, 1.165) is 12.4 Å². The van der Waals surface area contributed by atoms with E-state index in [1.54, 1.807) is 0 Å². The van der Waals surface area contributed by atoms with E-state index in [-0.39, 0.29) is 21.3 Å². The molecule has 0 saturated carbocycles. The molecule has 0 aliphatic rings. The summed E-state index contributed by atoms with van der Waals surface area (Å²) >= 11 is 8.40. The summed E-state index contributed by atoms with van der Waals surface area (Å²) in [6.07, 6.45) is -3.79. The van der Waals surface area contributed by atoms with Crippen molar-refractivity contribution in [3.05, 3.63) is 38.9 Å². The number of hydrogen-bond donors (Lipinski definition) is 1. The minimum Gasteiger partial charge on any atom is -0.267 e. The smallest absolute Gasteiger partial charge is 0.267 e.